The first-order valence-corrected chi connectivity index (χ1v) is 12.6. The zero-order valence-electron chi connectivity index (χ0n) is 18.6. The Morgan fingerprint density at radius 3 is 2.44 bits per heavy atom. The van der Waals surface area contributed by atoms with Crippen LogP contribution in [0.15, 0.2) is 59.4 Å². The number of piperazine rings is 1. The first-order valence-electron chi connectivity index (χ1n) is 11.2. The maximum atomic E-state index is 12.9. The fraction of sp³-hybridized carbons (Fsp3) is 0.320. The summed E-state index contributed by atoms with van der Waals surface area (Å²) >= 11 is 7.42. The lowest BCUT2D eigenvalue weighted by Crippen LogP contribution is -2.64. The Bertz CT molecular complexity index is 1140. The van der Waals surface area contributed by atoms with Crippen molar-refractivity contribution in [1.82, 2.24) is 19.7 Å². The van der Waals surface area contributed by atoms with E-state index in [2.05, 4.69) is 9.88 Å². The van der Waals surface area contributed by atoms with Crippen LogP contribution in [0.4, 0.5) is 0 Å². The number of rotatable bonds is 6. The molecule has 2 saturated heterocycles. The molecule has 0 radical (unpaired) electrons. The molecule has 0 aliphatic carbocycles. The van der Waals surface area contributed by atoms with E-state index in [1.807, 2.05) is 46.2 Å². The maximum Gasteiger partial charge on any atom is 0.273 e. The predicted octanol–water partition coefficient (Wildman–Crippen LogP) is 3.66. The molecule has 0 saturated carbocycles. The molecular weight excluding hydrogens is 472 g/mol. The van der Waals surface area contributed by atoms with Gasteiger partial charge in [0.1, 0.15) is 18.1 Å². The van der Waals surface area contributed by atoms with Crippen molar-refractivity contribution < 1.29 is 14.3 Å². The number of nitrogens with zero attached hydrogens (tertiary/aromatic N) is 4. The smallest absolute Gasteiger partial charge is 0.273 e. The minimum absolute atomic E-state index is 0.00715. The fourth-order valence-corrected chi connectivity index (χ4v) is 4.98. The van der Waals surface area contributed by atoms with Crippen LogP contribution in [-0.2, 0) is 6.61 Å². The van der Waals surface area contributed by atoms with Crippen molar-refractivity contribution in [2.75, 3.05) is 39.3 Å². The quantitative estimate of drug-likeness (QED) is 0.521. The number of aromatic nitrogens is 1. The number of hydrogen-bond acceptors (Lipinski definition) is 6. The van der Waals surface area contributed by atoms with Gasteiger partial charge in [-0.1, -0.05) is 29.8 Å². The average Bonchev–Trinajstić information content (AvgIpc) is 3.37. The summed E-state index contributed by atoms with van der Waals surface area (Å²) in [7, 11) is 0. The summed E-state index contributed by atoms with van der Waals surface area (Å²) in [5.41, 5.74) is 3.89. The second kappa shape index (κ2) is 10.1. The summed E-state index contributed by atoms with van der Waals surface area (Å²) in [6.07, 6.45) is 0. The van der Waals surface area contributed by atoms with Gasteiger partial charge in [-0.05, 0) is 35.9 Å². The van der Waals surface area contributed by atoms with Crippen LogP contribution in [0.3, 0.4) is 0 Å². The zero-order chi connectivity index (χ0) is 23.5. The number of halogens is 1. The highest BCUT2D eigenvalue weighted by molar-refractivity contribution is 7.07. The SMILES string of the molecule is O=C(c1ccc(COc2cccc(Cl)c2)cc1)N1CC(N2CCN(C(=O)c3cscn3)CC2)C1. The van der Waals surface area contributed by atoms with Crippen molar-refractivity contribution in [2.24, 2.45) is 0 Å². The molecule has 0 spiro atoms. The van der Waals surface area contributed by atoms with Gasteiger partial charge in [0, 0.05) is 61.3 Å². The maximum absolute atomic E-state index is 12.9. The largest absolute Gasteiger partial charge is 0.489 e. The van der Waals surface area contributed by atoms with Crippen molar-refractivity contribution in [3.05, 3.63) is 81.3 Å². The van der Waals surface area contributed by atoms with E-state index in [-0.39, 0.29) is 11.8 Å². The van der Waals surface area contributed by atoms with E-state index < -0.39 is 0 Å². The van der Waals surface area contributed by atoms with Crippen LogP contribution in [0.2, 0.25) is 5.02 Å². The van der Waals surface area contributed by atoms with Gasteiger partial charge in [-0.25, -0.2) is 4.98 Å². The highest BCUT2D eigenvalue weighted by Crippen LogP contribution is 2.22. The van der Waals surface area contributed by atoms with E-state index in [0.717, 1.165) is 31.7 Å². The number of carbonyl (C=O) groups is 2. The number of likely N-dealkylation sites (tertiary alicyclic amines) is 1. The highest BCUT2D eigenvalue weighted by Gasteiger charge is 2.37. The summed E-state index contributed by atoms with van der Waals surface area (Å²) in [4.78, 5) is 35.6. The molecule has 1 aromatic heterocycles. The van der Waals surface area contributed by atoms with Crippen molar-refractivity contribution in [2.45, 2.75) is 12.6 Å². The highest BCUT2D eigenvalue weighted by atomic mass is 35.5. The number of hydrogen-bond donors (Lipinski definition) is 0. The van der Waals surface area contributed by atoms with Gasteiger partial charge in [0.15, 0.2) is 0 Å². The predicted molar refractivity (Wildman–Crippen MR) is 132 cm³/mol. The summed E-state index contributed by atoms with van der Waals surface area (Å²) in [6.45, 7) is 4.89. The molecule has 2 aliphatic rings. The van der Waals surface area contributed by atoms with Crippen LogP contribution in [0, 0.1) is 0 Å². The number of benzene rings is 2. The Labute approximate surface area is 207 Å². The monoisotopic (exact) mass is 496 g/mol. The van der Waals surface area contributed by atoms with Gasteiger partial charge in [0.2, 0.25) is 0 Å². The first kappa shape index (κ1) is 22.8. The summed E-state index contributed by atoms with van der Waals surface area (Å²) < 4.78 is 5.76. The molecule has 2 amide bonds. The standard InChI is InChI=1S/C25H25ClN4O3S/c26-20-2-1-3-22(12-20)33-15-18-4-6-19(7-5-18)24(31)30-13-21(14-30)28-8-10-29(11-9-28)25(32)23-16-34-17-27-23/h1-7,12,16-17,21H,8-11,13-15H2. The van der Waals surface area contributed by atoms with E-state index in [9.17, 15) is 9.59 Å². The van der Waals surface area contributed by atoms with Crippen LogP contribution in [0.1, 0.15) is 26.4 Å². The number of amides is 2. The molecule has 7 nitrogen and oxygen atoms in total. The van der Waals surface area contributed by atoms with Crippen LogP contribution in [0.5, 0.6) is 5.75 Å². The summed E-state index contributed by atoms with van der Waals surface area (Å²) in [6, 6.07) is 15.2. The molecule has 176 valence electrons. The van der Waals surface area contributed by atoms with Gasteiger partial charge < -0.3 is 14.5 Å². The van der Waals surface area contributed by atoms with Gasteiger partial charge in [0.25, 0.3) is 11.8 Å². The molecule has 0 N–H and O–H groups in total. The molecule has 0 atom stereocenters. The lowest BCUT2D eigenvalue weighted by Gasteiger charge is -2.48. The molecule has 0 unspecified atom stereocenters. The normalized spacial score (nSPS) is 16.9. The Morgan fingerprint density at radius 2 is 1.76 bits per heavy atom. The molecule has 2 aliphatic heterocycles. The van der Waals surface area contributed by atoms with Gasteiger partial charge in [-0.2, -0.15) is 0 Å². The molecule has 3 heterocycles. The summed E-state index contributed by atoms with van der Waals surface area (Å²) in [5.74, 6) is 0.774. The minimum Gasteiger partial charge on any atom is -0.489 e. The van der Waals surface area contributed by atoms with Gasteiger partial charge >= 0.3 is 0 Å². The second-order valence-corrected chi connectivity index (χ2v) is 9.66. The number of ether oxygens (including phenoxy) is 1. The van der Waals surface area contributed by atoms with Gasteiger partial charge in [0.05, 0.1) is 5.51 Å². The van der Waals surface area contributed by atoms with Crippen molar-refractivity contribution >= 4 is 34.8 Å². The molecule has 5 rings (SSSR count). The molecule has 9 heteroatoms. The molecular formula is C25H25ClN4O3S. The third-order valence-corrected chi connectivity index (χ3v) is 7.14. The van der Waals surface area contributed by atoms with Crippen LogP contribution >= 0.6 is 22.9 Å². The van der Waals surface area contributed by atoms with Crippen molar-refractivity contribution in [3.8, 4) is 5.75 Å². The topological polar surface area (TPSA) is 66.0 Å². The molecule has 2 aromatic carbocycles. The van der Waals surface area contributed by atoms with E-state index in [0.29, 0.717) is 47.8 Å². The Kier molecular flexibility index (Phi) is 6.80. The number of thiazole rings is 1. The lowest BCUT2D eigenvalue weighted by atomic mass is 10.0. The lowest BCUT2D eigenvalue weighted by molar-refractivity contribution is 0.00844. The Morgan fingerprint density at radius 1 is 1.00 bits per heavy atom. The molecule has 0 bridgehead atoms. The van der Waals surface area contributed by atoms with Crippen molar-refractivity contribution in [1.29, 1.82) is 0 Å². The first-order chi connectivity index (χ1) is 16.6. The number of carbonyl (C=O) groups excluding carboxylic acids is 2. The Hall–Kier alpha value is -2.94. The van der Waals surface area contributed by atoms with Crippen LogP contribution in [-0.4, -0.2) is 76.8 Å². The molecule has 34 heavy (non-hydrogen) atoms. The third kappa shape index (κ3) is 5.09. The fourth-order valence-electron chi connectivity index (χ4n) is 4.27. The van der Waals surface area contributed by atoms with Gasteiger partial charge in [-0.15, -0.1) is 11.3 Å². The van der Waals surface area contributed by atoms with Crippen LogP contribution in [0.25, 0.3) is 0 Å². The second-order valence-electron chi connectivity index (χ2n) is 8.51. The zero-order valence-corrected chi connectivity index (χ0v) is 20.2. The van der Waals surface area contributed by atoms with Gasteiger partial charge in [-0.3, -0.25) is 14.5 Å². The van der Waals surface area contributed by atoms with Crippen molar-refractivity contribution in [3.63, 3.8) is 0 Å². The third-order valence-electron chi connectivity index (χ3n) is 6.32. The Balaban J connectivity index is 1.07. The molecule has 3 aromatic rings. The van der Waals surface area contributed by atoms with E-state index >= 15 is 0 Å². The van der Waals surface area contributed by atoms with E-state index in [1.165, 1.54) is 11.3 Å². The average molecular weight is 497 g/mol. The molecule has 2 fully saturated rings. The van der Waals surface area contributed by atoms with E-state index in [4.69, 9.17) is 16.3 Å². The van der Waals surface area contributed by atoms with Crippen LogP contribution < -0.4 is 4.74 Å². The minimum atomic E-state index is 0.00715. The summed E-state index contributed by atoms with van der Waals surface area (Å²) in [5, 5.41) is 2.43. The van der Waals surface area contributed by atoms with E-state index in [1.54, 1.807) is 23.0 Å².